The summed E-state index contributed by atoms with van der Waals surface area (Å²) in [6.07, 6.45) is 2.37. The first-order chi connectivity index (χ1) is 17.3. The van der Waals surface area contributed by atoms with Gasteiger partial charge in [0.25, 0.3) is 0 Å². The van der Waals surface area contributed by atoms with Crippen LogP contribution in [0, 0.1) is 0 Å². The molecule has 1 aliphatic rings. The summed E-state index contributed by atoms with van der Waals surface area (Å²) in [6.45, 7) is 6.49. The van der Waals surface area contributed by atoms with Gasteiger partial charge in [-0.3, -0.25) is 4.90 Å². The van der Waals surface area contributed by atoms with E-state index in [4.69, 9.17) is 21.3 Å². The SMILES string of the molecule is COc1ccc2cc(CN3CCCC3C(O)CNC(C)(C)Cc3nc4ccccc4s3)c(Cl)nc2c1. The summed E-state index contributed by atoms with van der Waals surface area (Å²) in [5.41, 5.74) is 2.68. The van der Waals surface area contributed by atoms with Crippen LogP contribution in [-0.4, -0.2) is 57.9 Å². The van der Waals surface area contributed by atoms with E-state index in [-0.39, 0.29) is 11.6 Å². The van der Waals surface area contributed by atoms with Gasteiger partial charge in [0.1, 0.15) is 10.9 Å². The summed E-state index contributed by atoms with van der Waals surface area (Å²) in [5.74, 6) is 0.764. The van der Waals surface area contributed by atoms with Crippen LogP contribution in [0.25, 0.3) is 21.1 Å². The molecule has 190 valence electrons. The highest BCUT2D eigenvalue weighted by Gasteiger charge is 2.32. The van der Waals surface area contributed by atoms with Gasteiger partial charge in [-0.05, 0) is 63.6 Å². The molecule has 6 nitrogen and oxygen atoms in total. The number of halogens is 1. The van der Waals surface area contributed by atoms with Crippen LogP contribution in [0.1, 0.15) is 37.3 Å². The van der Waals surface area contributed by atoms with Crippen LogP contribution in [0.3, 0.4) is 0 Å². The van der Waals surface area contributed by atoms with Gasteiger partial charge in [0, 0.05) is 48.1 Å². The minimum Gasteiger partial charge on any atom is -0.497 e. The Hall–Kier alpha value is -2.29. The number of rotatable bonds is 9. The monoisotopic (exact) mass is 524 g/mol. The number of nitrogens with zero attached hydrogens (tertiary/aromatic N) is 3. The fraction of sp³-hybridized carbons (Fsp3) is 0.429. The number of ether oxygens (including phenoxy) is 1. The first-order valence-electron chi connectivity index (χ1n) is 12.5. The maximum atomic E-state index is 11.2. The number of hydrogen-bond donors (Lipinski definition) is 2. The van der Waals surface area contributed by atoms with Gasteiger partial charge < -0.3 is 15.2 Å². The lowest BCUT2D eigenvalue weighted by molar-refractivity contribution is 0.0633. The smallest absolute Gasteiger partial charge is 0.134 e. The van der Waals surface area contributed by atoms with E-state index >= 15 is 0 Å². The molecule has 0 bridgehead atoms. The van der Waals surface area contributed by atoms with Crippen molar-refractivity contribution in [2.45, 2.75) is 57.3 Å². The van der Waals surface area contributed by atoms with Gasteiger partial charge in [-0.25, -0.2) is 9.97 Å². The lowest BCUT2D eigenvalue weighted by Gasteiger charge is -2.32. The molecule has 2 aromatic carbocycles. The lowest BCUT2D eigenvalue weighted by atomic mass is 9.99. The zero-order valence-electron chi connectivity index (χ0n) is 21.0. The maximum absolute atomic E-state index is 11.2. The van der Waals surface area contributed by atoms with Gasteiger partial charge in [-0.2, -0.15) is 0 Å². The number of aliphatic hydroxyl groups excluding tert-OH is 1. The van der Waals surface area contributed by atoms with Gasteiger partial charge in [0.15, 0.2) is 0 Å². The number of aromatic nitrogens is 2. The molecule has 0 aliphatic carbocycles. The summed E-state index contributed by atoms with van der Waals surface area (Å²) in [4.78, 5) is 11.7. The molecule has 2 atom stereocenters. The summed E-state index contributed by atoms with van der Waals surface area (Å²) < 4.78 is 6.52. The number of nitrogens with one attached hydrogen (secondary N) is 1. The fourth-order valence-electron chi connectivity index (χ4n) is 5.06. The van der Waals surface area contributed by atoms with Gasteiger partial charge in [0.05, 0.1) is 34.0 Å². The van der Waals surface area contributed by atoms with Gasteiger partial charge in [-0.1, -0.05) is 23.7 Å². The number of hydrogen-bond acceptors (Lipinski definition) is 7. The summed E-state index contributed by atoms with van der Waals surface area (Å²) in [7, 11) is 1.65. The molecule has 0 amide bonds. The average molecular weight is 525 g/mol. The quantitative estimate of drug-likeness (QED) is 0.284. The van der Waals surface area contributed by atoms with E-state index in [0.29, 0.717) is 18.2 Å². The molecule has 1 aliphatic heterocycles. The summed E-state index contributed by atoms with van der Waals surface area (Å²) in [5, 5.41) is 17.4. The second-order valence-corrected chi connectivity index (χ2v) is 11.7. The summed E-state index contributed by atoms with van der Waals surface area (Å²) >= 11 is 8.32. The number of thiazole rings is 1. The standard InChI is InChI=1S/C28H33ClN4O2S/c1-28(2,15-26-31-21-7-4-5-9-25(21)36-26)30-16-24(34)23-8-6-12-33(23)17-19-13-18-10-11-20(35-3)14-22(18)32-27(19)29/h4-5,7,9-11,13-14,23-24,30,34H,6,8,12,15-17H2,1-3H3. The van der Waals surface area contributed by atoms with E-state index < -0.39 is 6.10 Å². The number of benzene rings is 2. The van der Waals surface area contributed by atoms with E-state index in [2.05, 4.69) is 53.3 Å². The molecule has 2 unspecified atom stereocenters. The minimum absolute atomic E-state index is 0.0818. The van der Waals surface area contributed by atoms with Crippen molar-refractivity contribution >= 4 is 44.1 Å². The van der Waals surface area contributed by atoms with E-state index in [1.807, 2.05) is 24.3 Å². The van der Waals surface area contributed by atoms with Crippen LogP contribution in [0.15, 0.2) is 48.5 Å². The van der Waals surface area contributed by atoms with Gasteiger partial charge in [-0.15, -0.1) is 11.3 Å². The van der Waals surface area contributed by atoms with Crippen LogP contribution in [0.5, 0.6) is 5.75 Å². The van der Waals surface area contributed by atoms with Crippen molar-refractivity contribution in [1.29, 1.82) is 0 Å². The maximum Gasteiger partial charge on any atom is 0.134 e. The fourth-order valence-corrected chi connectivity index (χ4v) is 6.46. The Bertz CT molecular complexity index is 1330. The predicted molar refractivity (Wildman–Crippen MR) is 148 cm³/mol. The van der Waals surface area contributed by atoms with Crippen LogP contribution in [0.4, 0.5) is 0 Å². The molecule has 0 radical (unpaired) electrons. The molecular weight excluding hydrogens is 492 g/mol. The van der Waals surface area contributed by atoms with Gasteiger partial charge in [0.2, 0.25) is 0 Å². The molecule has 2 aromatic heterocycles. The van der Waals surface area contributed by atoms with E-state index in [0.717, 1.165) is 58.5 Å². The molecule has 3 heterocycles. The van der Waals surface area contributed by atoms with Crippen molar-refractivity contribution in [2.75, 3.05) is 20.2 Å². The third-order valence-electron chi connectivity index (χ3n) is 7.00. The minimum atomic E-state index is -0.474. The Morgan fingerprint density at radius 1 is 1.19 bits per heavy atom. The first-order valence-corrected chi connectivity index (χ1v) is 13.7. The highest BCUT2D eigenvalue weighted by molar-refractivity contribution is 7.18. The van der Waals surface area contributed by atoms with E-state index in [9.17, 15) is 5.11 Å². The van der Waals surface area contributed by atoms with Crippen molar-refractivity contribution in [3.63, 3.8) is 0 Å². The molecule has 1 saturated heterocycles. The van der Waals surface area contributed by atoms with E-state index in [1.54, 1.807) is 18.4 Å². The largest absolute Gasteiger partial charge is 0.497 e. The predicted octanol–water partition coefficient (Wildman–Crippen LogP) is 5.44. The van der Waals surface area contributed by atoms with Crippen molar-refractivity contribution < 1.29 is 9.84 Å². The van der Waals surface area contributed by atoms with Crippen molar-refractivity contribution in [3.05, 3.63) is 64.3 Å². The van der Waals surface area contributed by atoms with Crippen molar-refractivity contribution in [3.8, 4) is 5.75 Å². The van der Waals surface area contributed by atoms with Crippen molar-refractivity contribution in [2.24, 2.45) is 0 Å². The van der Waals surface area contributed by atoms with Crippen LogP contribution < -0.4 is 10.1 Å². The Morgan fingerprint density at radius 3 is 2.83 bits per heavy atom. The Kier molecular flexibility index (Phi) is 7.47. The number of pyridine rings is 1. The molecule has 0 spiro atoms. The number of aliphatic hydroxyl groups is 1. The van der Waals surface area contributed by atoms with E-state index in [1.165, 1.54) is 4.70 Å². The second-order valence-electron chi connectivity index (χ2n) is 10.3. The number of likely N-dealkylation sites (tertiary alicyclic amines) is 1. The average Bonchev–Trinajstić information content (AvgIpc) is 3.48. The van der Waals surface area contributed by atoms with Crippen LogP contribution >= 0.6 is 22.9 Å². The summed E-state index contributed by atoms with van der Waals surface area (Å²) in [6, 6.07) is 16.3. The first kappa shape index (κ1) is 25.4. The van der Waals surface area contributed by atoms with Crippen LogP contribution in [0.2, 0.25) is 5.15 Å². The Morgan fingerprint density at radius 2 is 2.03 bits per heavy atom. The van der Waals surface area contributed by atoms with Gasteiger partial charge >= 0.3 is 0 Å². The normalized spacial score (nSPS) is 17.8. The molecule has 1 fully saturated rings. The third-order valence-corrected chi connectivity index (χ3v) is 8.37. The number of fused-ring (bicyclic) bond motifs is 2. The molecule has 36 heavy (non-hydrogen) atoms. The number of methoxy groups -OCH3 is 1. The Labute approximate surface area is 221 Å². The van der Waals surface area contributed by atoms with Crippen LogP contribution in [-0.2, 0) is 13.0 Å². The molecule has 4 aromatic rings. The molecule has 8 heteroatoms. The molecule has 2 N–H and O–H groups in total. The second kappa shape index (κ2) is 10.6. The highest BCUT2D eigenvalue weighted by atomic mass is 35.5. The molecule has 5 rings (SSSR count). The number of β-amino-alcohol motifs (C(OH)–C–C–N with tert-alkyl or cyclic N) is 1. The molecule has 0 saturated carbocycles. The molecular formula is C28H33ClN4O2S. The lowest BCUT2D eigenvalue weighted by Crippen LogP contribution is -2.50. The topological polar surface area (TPSA) is 70.5 Å². The number of para-hydroxylation sites is 1. The zero-order valence-corrected chi connectivity index (χ0v) is 22.6. The third kappa shape index (κ3) is 5.66. The zero-order chi connectivity index (χ0) is 25.3. The highest BCUT2D eigenvalue weighted by Crippen LogP contribution is 2.29. The van der Waals surface area contributed by atoms with Crippen molar-refractivity contribution in [1.82, 2.24) is 20.2 Å². The Balaban J connectivity index is 1.22.